The van der Waals surface area contributed by atoms with E-state index in [4.69, 9.17) is 0 Å². The molecule has 0 aliphatic carbocycles. The Kier molecular flexibility index (Phi) is 3.33. The molecule has 15 heavy (non-hydrogen) atoms. The molecule has 4 nitrogen and oxygen atoms in total. The van der Waals surface area contributed by atoms with E-state index in [1.54, 1.807) is 6.20 Å². The second-order valence-corrected chi connectivity index (χ2v) is 4.80. The van der Waals surface area contributed by atoms with E-state index in [0.29, 0.717) is 11.2 Å². The number of carbonyl (C=O) groups is 1. The van der Waals surface area contributed by atoms with Gasteiger partial charge in [-0.05, 0) is 26.3 Å². The molecule has 2 rings (SSSR count). The number of aromatic nitrogens is 1. The zero-order valence-corrected chi connectivity index (χ0v) is 9.51. The van der Waals surface area contributed by atoms with Gasteiger partial charge in [-0.15, -0.1) is 11.3 Å². The van der Waals surface area contributed by atoms with Crippen LogP contribution < -0.4 is 10.6 Å². The Balaban J connectivity index is 1.90. The van der Waals surface area contributed by atoms with Gasteiger partial charge in [0.05, 0.1) is 0 Å². The van der Waals surface area contributed by atoms with E-state index in [2.05, 4.69) is 22.5 Å². The maximum Gasteiger partial charge on any atom is 0.229 e. The summed E-state index contributed by atoms with van der Waals surface area (Å²) < 4.78 is 0. The summed E-state index contributed by atoms with van der Waals surface area (Å²) in [5.41, 5.74) is 0. The Morgan fingerprint density at radius 2 is 2.60 bits per heavy atom. The smallest absolute Gasteiger partial charge is 0.229 e. The van der Waals surface area contributed by atoms with Crippen molar-refractivity contribution in [2.75, 3.05) is 11.9 Å². The minimum Gasteiger partial charge on any atom is -0.314 e. The topological polar surface area (TPSA) is 54.0 Å². The Labute approximate surface area is 93.1 Å². The summed E-state index contributed by atoms with van der Waals surface area (Å²) in [4.78, 5) is 15.9. The number of rotatable bonds is 2. The van der Waals surface area contributed by atoms with E-state index in [1.165, 1.54) is 11.3 Å². The minimum atomic E-state index is 0.110. The van der Waals surface area contributed by atoms with Crippen molar-refractivity contribution in [2.24, 2.45) is 5.92 Å². The van der Waals surface area contributed by atoms with Crippen molar-refractivity contribution in [3.8, 4) is 0 Å². The van der Waals surface area contributed by atoms with Crippen molar-refractivity contribution in [1.82, 2.24) is 10.3 Å². The third-order valence-corrected chi connectivity index (χ3v) is 3.35. The molecule has 0 saturated carbocycles. The highest BCUT2D eigenvalue weighted by molar-refractivity contribution is 7.13. The van der Waals surface area contributed by atoms with Gasteiger partial charge in [0.25, 0.3) is 0 Å². The zero-order valence-electron chi connectivity index (χ0n) is 8.69. The number of thiazole rings is 1. The van der Waals surface area contributed by atoms with Gasteiger partial charge in [0.2, 0.25) is 5.91 Å². The molecule has 82 valence electrons. The van der Waals surface area contributed by atoms with E-state index < -0.39 is 0 Å². The van der Waals surface area contributed by atoms with Crippen LogP contribution in [0.25, 0.3) is 0 Å². The molecule has 2 N–H and O–H groups in total. The lowest BCUT2D eigenvalue weighted by Crippen LogP contribution is -2.40. The van der Waals surface area contributed by atoms with Crippen LogP contribution >= 0.6 is 11.3 Å². The van der Waals surface area contributed by atoms with Crippen LogP contribution in [0.3, 0.4) is 0 Å². The molecule has 1 aromatic heterocycles. The zero-order chi connectivity index (χ0) is 10.7. The summed E-state index contributed by atoms with van der Waals surface area (Å²) in [5, 5.41) is 8.75. The van der Waals surface area contributed by atoms with Crippen LogP contribution in [0, 0.1) is 5.92 Å². The molecular formula is C10H15N3OS. The average Bonchev–Trinajstić information content (AvgIpc) is 2.70. The molecule has 1 aliphatic rings. The first-order valence-corrected chi connectivity index (χ1v) is 6.07. The van der Waals surface area contributed by atoms with Crippen LogP contribution in [0.1, 0.15) is 19.8 Å². The summed E-state index contributed by atoms with van der Waals surface area (Å²) in [5.74, 6) is 0.239. The van der Waals surface area contributed by atoms with E-state index >= 15 is 0 Å². The molecule has 1 aliphatic heterocycles. The van der Waals surface area contributed by atoms with Gasteiger partial charge in [0.1, 0.15) is 0 Å². The predicted octanol–water partition coefficient (Wildman–Crippen LogP) is 1.47. The number of anilines is 1. The van der Waals surface area contributed by atoms with Crippen LogP contribution in [-0.4, -0.2) is 23.5 Å². The Morgan fingerprint density at radius 3 is 3.27 bits per heavy atom. The summed E-state index contributed by atoms with van der Waals surface area (Å²) >= 11 is 1.46. The van der Waals surface area contributed by atoms with Crippen LogP contribution in [0.2, 0.25) is 0 Å². The molecule has 0 bridgehead atoms. The first-order valence-electron chi connectivity index (χ1n) is 5.19. The summed E-state index contributed by atoms with van der Waals surface area (Å²) in [6.45, 7) is 3.04. The highest BCUT2D eigenvalue weighted by Gasteiger charge is 2.24. The first-order chi connectivity index (χ1) is 7.25. The number of piperidine rings is 1. The molecule has 5 heteroatoms. The normalized spacial score (nSPS) is 26.2. The number of nitrogens with one attached hydrogen (secondary N) is 2. The van der Waals surface area contributed by atoms with Gasteiger partial charge in [0.15, 0.2) is 5.13 Å². The van der Waals surface area contributed by atoms with Gasteiger partial charge >= 0.3 is 0 Å². The number of hydrogen-bond acceptors (Lipinski definition) is 4. The molecule has 0 spiro atoms. The fourth-order valence-corrected chi connectivity index (χ4v) is 2.39. The van der Waals surface area contributed by atoms with Gasteiger partial charge < -0.3 is 10.6 Å². The summed E-state index contributed by atoms with van der Waals surface area (Å²) in [7, 11) is 0. The van der Waals surface area contributed by atoms with Crippen molar-refractivity contribution in [3.05, 3.63) is 11.6 Å². The summed E-state index contributed by atoms with van der Waals surface area (Å²) in [6, 6.07) is 0.436. The number of hydrogen-bond donors (Lipinski definition) is 2. The first kappa shape index (κ1) is 10.6. The van der Waals surface area contributed by atoms with Gasteiger partial charge in [-0.2, -0.15) is 0 Å². The molecule has 1 amide bonds. The van der Waals surface area contributed by atoms with Gasteiger partial charge in [-0.25, -0.2) is 4.98 Å². The summed E-state index contributed by atoms with van der Waals surface area (Å²) in [6.07, 6.45) is 3.53. The lowest BCUT2D eigenvalue weighted by atomic mass is 9.93. The van der Waals surface area contributed by atoms with E-state index in [1.807, 2.05) is 5.38 Å². The lowest BCUT2D eigenvalue weighted by molar-refractivity contribution is -0.120. The Hall–Kier alpha value is -0.940. The predicted molar refractivity (Wildman–Crippen MR) is 60.9 cm³/mol. The fourth-order valence-electron chi connectivity index (χ4n) is 1.86. The quantitative estimate of drug-likeness (QED) is 0.801. The molecular weight excluding hydrogens is 210 g/mol. The fraction of sp³-hybridized carbons (Fsp3) is 0.600. The standard InChI is InChI=1S/C10H15N3OS/c1-7-6-8(2-3-11-7)9(14)13-10-12-4-5-15-10/h4-5,7-8,11H,2-3,6H2,1H3,(H,12,13,14). The lowest BCUT2D eigenvalue weighted by Gasteiger charge is -2.26. The molecule has 2 heterocycles. The van der Waals surface area contributed by atoms with Crippen LogP contribution in [0.4, 0.5) is 5.13 Å². The number of nitrogens with zero attached hydrogens (tertiary/aromatic N) is 1. The van der Waals surface area contributed by atoms with Crippen molar-refractivity contribution in [1.29, 1.82) is 0 Å². The molecule has 1 fully saturated rings. The number of amides is 1. The highest BCUT2D eigenvalue weighted by Crippen LogP contribution is 2.19. The van der Waals surface area contributed by atoms with E-state index in [9.17, 15) is 4.79 Å². The maximum absolute atomic E-state index is 11.8. The average molecular weight is 225 g/mol. The third-order valence-electron chi connectivity index (χ3n) is 2.66. The second kappa shape index (κ2) is 4.72. The second-order valence-electron chi connectivity index (χ2n) is 3.90. The van der Waals surface area contributed by atoms with Crippen molar-refractivity contribution in [2.45, 2.75) is 25.8 Å². The minimum absolute atomic E-state index is 0.110. The van der Waals surface area contributed by atoms with Gasteiger partial charge in [-0.3, -0.25) is 4.79 Å². The molecule has 0 radical (unpaired) electrons. The van der Waals surface area contributed by atoms with Gasteiger partial charge in [-0.1, -0.05) is 0 Å². The van der Waals surface area contributed by atoms with E-state index in [0.717, 1.165) is 19.4 Å². The monoisotopic (exact) mass is 225 g/mol. The van der Waals surface area contributed by atoms with E-state index in [-0.39, 0.29) is 11.8 Å². The largest absolute Gasteiger partial charge is 0.314 e. The van der Waals surface area contributed by atoms with Crippen molar-refractivity contribution >= 4 is 22.4 Å². The third kappa shape index (κ3) is 2.76. The molecule has 0 aromatic carbocycles. The Bertz CT molecular complexity index is 325. The van der Waals surface area contributed by atoms with Gasteiger partial charge in [0, 0.05) is 23.5 Å². The molecule has 2 unspecified atom stereocenters. The van der Waals surface area contributed by atoms with Crippen molar-refractivity contribution < 1.29 is 4.79 Å². The van der Waals surface area contributed by atoms with Crippen LogP contribution in [-0.2, 0) is 4.79 Å². The van der Waals surface area contributed by atoms with Crippen LogP contribution in [0.5, 0.6) is 0 Å². The Morgan fingerprint density at radius 1 is 1.73 bits per heavy atom. The maximum atomic E-state index is 11.8. The molecule has 1 saturated heterocycles. The van der Waals surface area contributed by atoms with Crippen molar-refractivity contribution in [3.63, 3.8) is 0 Å². The highest BCUT2D eigenvalue weighted by atomic mass is 32.1. The SMILES string of the molecule is CC1CC(C(=O)Nc2nccs2)CCN1. The molecule has 2 atom stereocenters. The van der Waals surface area contributed by atoms with Crippen LogP contribution in [0.15, 0.2) is 11.6 Å². The number of carbonyl (C=O) groups excluding carboxylic acids is 1. The molecule has 1 aromatic rings.